The summed E-state index contributed by atoms with van der Waals surface area (Å²) < 4.78 is 0. The Morgan fingerprint density at radius 3 is 2.12 bits per heavy atom. The lowest BCUT2D eigenvalue weighted by Gasteiger charge is -2.32. The molecule has 0 radical (unpaired) electrons. The predicted octanol–water partition coefficient (Wildman–Crippen LogP) is 5.92. The van der Waals surface area contributed by atoms with Crippen LogP contribution in [0.1, 0.15) is 65.0 Å². The van der Waals surface area contributed by atoms with Gasteiger partial charge in [0.05, 0.1) is 21.2 Å². The lowest BCUT2D eigenvalue weighted by molar-refractivity contribution is -0.141. The van der Waals surface area contributed by atoms with E-state index in [-0.39, 0.29) is 55.6 Å². The number of amides is 4. The van der Waals surface area contributed by atoms with Gasteiger partial charge in [0.1, 0.15) is 6.04 Å². The lowest BCUT2D eigenvalue weighted by atomic mass is 10.0. The van der Waals surface area contributed by atoms with Gasteiger partial charge < -0.3 is 10.2 Å². The number of benzene rings is 3. The number of halogens is 2. The fourth-order valence-corrected chi connectivity index (χ4v) is 5.12. The molecule has 0 saturated heterocycles. The first-order chi connectivity index (χ1) is 19.7. The van der Waals surface area contributed by atoms with Crippen molar-refractivity contribution in [3.63, 3.8) is 0 Å². The van der Waals surface area contributed by atoms with E-state index in [2.05, 4.69) is 5.32 Å². The average molecular weight is 595 g/mol. The molecule has 0 fully saturated rings. The Morgan fingerprint density at radius 2 is 1.51 bits per heavy atom. The second-order valence-corrected chi connectivity index (χ2v) is 11.0. The SMILES string of the molecule is CC[C@@H](C)NC(=O)[C@@H](Cc1ccccc1)N(Cc1ccc(Cl)c(Cl)c1)C(=O)CCCN1C(=O)c2ccccc2C1=O. The van der Waals surface area contributed by atoms with E-state index in [1.807, 2.05) is 44.2 Å². The summed E-state index contributed by atoms with van der Waals surface area (Å²) in [6.07, 6.45) is 1.35. The van der Waals surface area contributed by atoms with Crippen LogP contribution in [0, 0.1) is 0 Å². The molecular weight excluding hydrogens is 561 g/mol. The molecule has 0 bridgehead atoms. The topological polar surface area (TPSA) is 86.8 Å². The number of carbonyl (C=O) groups excluding carboxylic acids is 4. The minimum absolute atomic E-state index is 0.0383. The van der Waals surface area contributed by atoms with Gasteiger partial charge in [0, 0.05) is 32.0 Å². The molecule has 3 aromatic rings. The van der Waals surface area contributed by atoms with Crippen molar-refractivity contribution in [2.45, 2.75) is 58.2 Å². The van der Waals surface area contributed by atoms with Gasteiger partial charge in [-0.25, -0.2) is 0 Å². The maximum Gasteiger partial charge on any atom is 0.261 e. The van der Waals surface area contributed by atoms with E-state index in [4.69, 9.17) is 23.2 Å². The maximum atomic E-state index is 13.8. The number of carbonyl (C=O) groups is 4. The third kappa shape index (κ3) is 7.34. The van der Waals surface area contributed by atoms with Crippen LogP contribution in [0.2, 0.25) is 10.0 Å². The summed E-state index contributed by atoms with van der Waals surface area (Å²) in [5.41, 5.74) is 2.38. The Morgan fingerprint density at radius 1 is 0.878 bits per heavy atom. The van der Waals surface area contributed by atoms with Gasteiger partial charge in [0.2, 0.25) is 11.8 Å². The van der Waals surface area contributed by atoms with E-state index < -0.39 is 6.04 Å². The number of rotatable bonds is 12. The van der Waals surface area contributed by atoms with Gasteiger partial charge in [-0.1, -0.05) is 78.7 Å². The highest BCUT2D eigenvalue weighted by Gasteiger charge is 2.35. The van der Waals surface area contributed by atoms with Gasteiger partial charge in [-0.3, -0.25) is 24.1 Å². The molecule has 1 N–H and O–H groups in total. The molecule has 41 heavy (non-hydrogen) atoms. The molecule has 0 aliphatic carbocycles. The highest BCUT2D eigenvalue weighted by atomic mass is 35.5. The molecule has 214 valence electrons. The molecule has 9 heteroatoms. The summed E-state index contributed by atoms with van der Waals surface area (Å²) in [4.78, 5) is 55.8. The van der Waals surface area contributed by atoms with Crippen LogP contribution in [-0.4, -0.2) is 52.1 Å². The average Bonchev–Trinajstić information content (AvgIpc) is 3.22. The van der Waals surface area contributed by atoms with Gasteiger partial charge in [-0.05, 0) is 55.2 Å². The molecule has 2 atom stereocenters. The fraction of sp³-hybridized carbons (Fsp3) is 0.312. The third-order valence-electron chi connectivity index (χ3n) is 7.26. The minimum atomic E-state index is -0.798. The molecule has 3 aromatic carbocycles. The highest BCUT2D eigenvalue weighted by molar-refractivity contribution is 6.42. The molecular formula is C32H33Cl2N3O4. The van der Waals surface area contributed by atoms with Gasteiger partial charge in [0.15, 0.2) is 0 Å². The molecule has 7 nitrogen and oxygen atoms in total. The van der Waals surface area contributed by atoms with E-state index in [1.165, 1.54) is 4.90 Å². The zero-order chi connectivity index (χ0) is 29.5. The summed E-state index contributed by atoms with van der Waals surface area (Å²) in [6.45, 7) is 4.13. The van der Waals surface area contributed by atoms with E-state index in [1.54, 1.807) is 47.4 Å². The lowest BCUT2D eigenvalue weighted by Crippen LogP contribution is -2.52. The monoisotopic (exact) mass is 593 g/mol. The van der Waals surface area contributed by atoms with Crippen molar-refractivity contribution in [2.24, 2.45) is 0 Å². The van der Waals surface area contributed by atoms with Crippen molar-refractivity contribution >= 4 is 46.8 Å². The largest absolute Gasteiger partial charge is 0.352 e. The molecule has 4 amide bonds. The Labute approximate surface area is 250 Å². The molecule has 1 heterocycles. The standard InChI is InChI=1S/C32H33Cl2N3O4/c1-3-21(2)35-30(39)28(19-22-10-5-4-6-11-22)37(20-23-15-16-26(33)27(34)18-23)29(38)14-9-17-36-31(40)24-12-7-8-13-25(24)32(36)41/h4-8,10-13,15-16,18,21,28H,3,9,14,17,19-20H2,1-2H3,(H,35,39)/t21-,28-/m1/s1. The summed E-state index contributed by atoms with van der Waals surface area (Å²) >= 11 is 12.4. The number of imide groups is 1. The van der Waals surface area contributed by atoms with Crippen molar-refractivity contribution in [3.8, 4) is 0 Å². The van der Waals surface area contributed by atoms with Crippen LogP contribution in [-0.2, 0) is 22.6 Å². The van der Waals surface area contributed by atoms with E-state index in [0.29, 0.717) is 27.6 Å². The number of hydrogen-bond acceptors (Lipinski definition) is 4. The van der Waals surface area contributed by atoms with Crippen LogP contribution in [0.5, 0.6) is 0 Å². The van der Waals surface area contributed by atoms with E-state index in [0.717, 1.165) is 17.5 Å². The first-order valence-electron chi connectivity index (χ1n) is 13.7. The van der Waals surface area contributed by atoms with Crippen LogP contribution >= 0.6 is 23.2 Å². The second kappa shape index (κ2) is 13.8. The van der Waals surface area contributed by atoms with E-state index in [9.17, 15) is 19.2 Å². The van der Waals surface area contributed by atoms with Crippen molar-refractivity contribution in [1.29, 1.82) is 0 Å². The van der Waals surface area contributed by atoms with Crippen molar-refractivity contribution in [2.75, 3.05) is 6.54 Å². The molecule has 0 saturated carbocycles. The van der Waals surface area contributed by atoms with Gasteiger partial charge in [-0.2, -0.15) is 0 Å². The quantitative estimate of drug-likeness (QED) is 0.264. The minimum Gasteiger partial charge on any atom is -0.352 e. The molecule has 4 rings (SSSR count). The van der Waals surface area contributed by atoms with Crippen LogP contribution in [0.3, 0.4) is 0 Å². The van der Waals surface area contributed by atoms with Crippen LogP contribution in [0.15, 0.2) is 72.8 Å². The number of nitrogens with zero attached hydrogens (tertiary/aromatic N) is 2. The van der Waals surface area contributed by atoms with Gasteiger partial charge in [-0.15, -0.1) is 0 Å². The predicted molar refractivity (Wildman–Crippen MR) is 160 cm³/mol. The van der Waals surface area contributed by atoms with Crippen LogP contribution in [0.25, 0.3) is 0 Å². The normalized spacial score (nSPS) is 14.0. The van der Waals surface area contributed by atoms with Gasteiger partial charge >= 0.3 is 0 Å². The highest BCUT2D eigenvalue weighted by Crippen LogP contribution is 2.26. The first-order valence-corrected chi connectivity index (χ1v) is 14.5. The van der Waals surface area contributed by atoms with Gasteiger partial charge in [0.25, 0.3) is 11.8 Å². The molecule has 1 aliphatic rings. The Kier molecular flexibility index (Phi) is 10.2. The van der Waals surface area contributed by atoms with Crippen molar-refractivity contribution in [3.05, 3.63) is 105 Å². The zero-order valence-electron chi connectivity index (χ0n) is 23.1. The van der Waals surface area contributed by atoms with Crippen molar-refractivity contribution < 1.29 is 19.2 Å². The third-order valence-corrected chi connectivity index (χ3v) is 8.00. The number of nitrogens with one attached hydrogen (secondary N) is 1. The second-order valence-electron chi connectivity index (χ2n) is 10.2. The smallest absolute Gasteiger partial charge is 0.261 e. The summed E-state index contributed by atoms with van der Waals surface area (Å²) in [5, 5.41) is 3.78. The Hall–Kier alpha value is -3.68. The first kappa shape index (κ1) is 30.3. The zero-order valence-corrected chi connectivity index (χ0v) is 24.6. The number of fused-ring (bicyclic) bond motifs is 1. The molecule has 0 unspecified atom stereocenters. The molecule has 0 spiro atoms. The Bertz CT molecular complexity index is 1390. The van der Waals surface area contributed by atoms with Crippen molar-refractivity contribution in [1.82, 2.24) is 15.1 Å². The van der Waals surface area contributed by atoms with Crippen LogP contribution in [0.4, 0.5) is 0 Å². The summed E-state index contributed by atoms with van der Waals surface area (Å²) in [5.74, 6) is -1.24. The molecule has 1 aliphatic heterocycles. The van der Waals surface area contributed by atoms with E-state index >= 15 is 0 Å². The Balaban J connectivity index is 1.57. The maximum absolute atomic E-state index is 13.8. The number of hydrogen-bond donors (Lipinski definition) is 1. The van der Waals surface area contributed by atoms with Crippen LogP contribution < -0.4 is 5.32 Å². The summed E-state index contributed by atoms with van der Waals surface area (Å²) in [7, 11) is 0. The fourth-order valence-electron chi connectivity index (χ4n) is 4.80. The molecule has 0 aromatic heterocycles. The summed E-state index contributed by atoms with van der Waals surface area (Å²) in [6, 6.07) is 20.5.